The molecule has 21 heavy (non-hydrogen) atoms. The maximum Gasteiger partial charge on any atom is 0.0615 e. The van der Waals surface area contributed by atoms with Crippen LogP contribution in [0.1, 0.15) is 45.4 Å². The molecule has 4 aliphatic rings. The minimum atomic E-state index is 0.500. The zero-order valence-corrected chi connectivity index (χ0v) is 14.4. The molecule has 0 aromatic heterocycles. The molecule has 0 radical (unpaired) electrons. The lowest BCUT2D eigenvalue weighted by Crippen LogP contribution is -2.59. The van der Waals surface area contributed by atoms with Gasteiger partial charge in [0.05, 0.1) is 6.61 Å². The topological polar surface area (TPSA) is 24.5 Å². The molecule has 4 rings (SSSR count). The van der Waals surface area contributed by atoms with E-state index in [1.54, 1.807) is 7.11 Å². The van der Waals surface area contributed by atoms with E-state index in [4.69, 9.17) is 4.74 Å². The molecule has 4 bridgehead atoms. The second kappa shape index (κ2) is 6.17. The van der Waals surface area contributed by atoms with Crippen LogP contribution < -0.4 is 5.32 Å². The van der Waals surface area contributed by atoms with Crippen LogP contribution in [-0.2, 0) is 4.74 Å². The predicted octanol–water partition coefficient (Wildman–Crippen LogP) is 2.76. The maximum atomic E-state index is 5.33. The Kier molecular flexibility index (Phi) is 4.63. The van der Waals surface area contributed by atoms with Crippen LogP contribution in [0.5, 0.6) is 0 Å². The Morgan fingerprint density at radius 2 is 1.67 bits per heavy atom. The molecule has 1 N–H and O–H groups in total. The molecule has 4 saturated carbocycles. The van der Waals surface area contributed by atoms with Crippen molar-refractivity contribution in [3.8, 4) is 0 Å². The van der Waals surface area contributed by atoms with Crippen molar-refractivity contribution in [2.45, 2.75) is 57.5 Å². The second-order valence-corrected chi connectivity index (χ2v) is 8.37. The summed E-state index contributed by atoms with van der Waals surface area (Å²) < 4.78 is 5.33. The quantitative estimate of drug-likeness (QED) is 0.781. The summed E-state index contributed by atoms with van der Waals surface area (Å²) in [6, 6.07) is 1.15. The molecule has 0 aliphatic heterocycles. The van der Waals surface area contributed by atoms with Crippen LogP contribution in [0.4, 0.5) is 0 Å². The summed E-state index contributed by atoms with van der Waals surface area (Å²) in [4.78, 5) is 2.49. The van der Waals surface area contributed by atoms with Crippen molar-refractivity contribution in [2.75, 3.05) is 34.4 Å². The lowest BCUT2D eigenvalue weighted by Gasteiger charge is -2.60. The average Bonchev–Trinajstić information content (AvgIpc) is 2.43. The van der Waals surface area contributed by atoms with Crippen LogP contribution >= 0.6 is 0 Å². The fourth-order valence-electron chi connectivity index (χ4n) is 6.03. The Morgan fingerprint density at radius 1 is 1.14 bits per heavy atom. The number of rotatable bonds is 7. The van der Waals surface area contributed by atoms with Crippen LogP contribution in [0.25, 0.3) is 0 Å². The Balaban J connectivity index is 1.68. The van der Waals surface area contributed by atoms with Gasteiger partial charge < -0.3 is 10.1 Å². The fraction of sp³-hybridized carbons (Fsp3) is 1.00. The SMILES string of the molecule is CNC(CN(C)C(C)COC)C12CC3CC(CC(C3)C1)C2. The van der Waals surface area contributed by atoms with Gasteiger partial charge in [-0.3, -0.25) is 4.90 Å². The van der Waals surface area contributed by atoms with Crippen molar-refractivity contribution in [2.24, 2.45) is 23.2 Å². The van der Waals surface area contributed by atoms with Gasteiger partial charge in [-0.15, -0.1) is 0 Å². The first-order valence-corrected chi connectivity index (χ1v) is 8.92. The third-order valence-electron chi connectivity index (χ3n) is 6.80. The minimum absolute atomic E-state index is 0.500. The van der Waals surface area contributed by atoms with Gasteiger partial charge in [0.15, 0.2) is 0 Å². The molecule has 3 heteroatoms. The largest absolute Gasteiger partial charge is 0.383 e. The Hall–Kier alpha value is -0.120. The first-order valence-electron chi connectivity index (χ1n) is 8.92. The molecule has 4 fully saturated rings. The first-order chi connectivity index (χ1) is 10.1. The van der Waals surface area contributed by atoms with Crippen LogP contribution in [0.15, 0.2) is 0 Å². The van der Waals surface area contributed by atoms with Gasteiger partial charge in [-0.05, 0) is 82.7 Å². The molecule has 2 atom stereocenters. The molecule has 0 heterocycles. The van der Waals surface area contributed by atoms with Crippen LogP contribution in [0, 0.1) is 23.2 Å². The van der Waals surface area contributed by atoms with E-state index in [1.807, 2.05) is 0 Å². The lowest BCUT2D eigenvalue weighted by atomic mass is 9.47. The highest BCUT2D eigenvalue weighted by molar-refractivity contribution is 5.06. The normalized spacial score (nSPS) is 40.7. The molecule has 122 valence electrons. The van der Waals surface area contributed by atoms with E-state index in [-0.39, 0.29) is 0 Å². The molecule has 0 saturated heterocycles. The smallest absolute Gasteiger partial charge is 0.0615 e. The molecular weight excluding hydrogens is 260 g/mol. The number of methoxy groups -OCH3 is 1. The third-order valence-corrected chi connectivity index (χ3v) is 6.80. The van der Waals surface area contributed by atoms with E-state index in [9.17, 15) is 0 Å². The van der Waals surface area contributed by atoms with Gasteiger partial charge in [0.2, 0.25) is 0 Å². The van der Waals surface area contributed by atoms with Gasteiger partial charge in [-0.2, -0.15) is 0 Å². The number of likely N-dealkylation sites (N-methyl/N-ethyl adjacent to an activating group) is 2. The van der Waals surface area contributed by atoms with Crippen molar-refractivity contribution in [3.63, 3.8) is 0 Å². The fourth-order valence-corrected chi connectivity index (χ4v) is 6.03. The lowest BCUT2D eigenvalue weighted by molar-refractivity contribution is -0.0786. The molecule has 4 aliphatic carbocycles. The number of ether oxygens (including phenoxy) is 1. The molecule has 2 unspecified atom stereocenters. The molecule has 0 aromatic carbocycles. The maximum absolute atomic E-state index is 5.33. The van der Waals surface area contributed by atoms with Crippen molar-refractivity contribution in [1.29, 1.82) is 0 Å². The van der Waals surface area contributed by atoms with E-state index in [1.165, 1.54) is 38.5 Å². The highest BCUT2D eigenvalue weighted by atomic mass is 16.5. The van der Waals surface area contributed by atoms with Crippen molar-refractivity contribution >= 4 is 0 Å². The second-order valence-electron chi connectivity index (χ2n) is 8.37. The van der Waals surface area contributed by atoms with E-state index in [0.29, 0.717) is 17.5 Å². The monoisotopic (exact) mass is 294 g/mol. The Morgan fingerprint density at radius 3 is 2.10 bits per heavy atom. The van der Waals surface area contributed by atoms with Crippen molar-refractivity contribution in [3.05, 3.63) is 0 Å². The summed E-state index contributed by atoms with van der Waals surface area (Å²) in [6.07, 6.45) is 9.05. The Labute approximate surface area is 130 Å². The van der Waals surface area contributed by atoms with Crippen LogP contribution in [-0.4, -0.2) is 51.3 Å². The van der Waals surface area contributed by atoms with Gasteiger partial charge in [0.1, 0.15) is 0 Å². The summed E-state index contributed by atoms with van der Waals surface area (Å²) in [6.45, 7) is 4.26. The predicted molar refractivity (Wildman–Crippen MR) is 87.4 cm³/mol. The van der Waals surface area contributed by atoms with E-state index >= 15 is 0 Å². The molecule has 0 amide bonds. The van der Waals surface area contributed by atoms with Gasteiger partial charge in [0.25, 0.3) is 0 Å². The summed E-state index contributed by atoms with van der Waals surface area (Å²) in [5.74, 6) is 3.11. The van der Waals surface area contributed by atoms with E-state index in [2.05, 4.69) is 31.2 Å². The zero-order valence-electron chi connectivity index (χ0n) is 14.4. The standard InChI is InChI=1S/C18H34N2O/c1-13(12-21-4)20(3)11-17(19-2)18-8-14-5-15(9-18)7-16(6-14)10-18/h13-17,19H,5-12H2,1-4H3. The highest BCUT2D eigenvalue weighted by Crippen LogP contribution is 2.61. The average molecular weight is 294 g/mol. The van der Waals surface area contributed by atoms with Gasteiger partial charge in [0, 0.05) is 25.7 Å². The molecule has 0 aromatic rings. The Bertz CT molecular complexity index is 322. The summed E-state index contributed by atoms with van der Waals surface area (Å²) >= 11 is 0. The van der Waals surface area contributed by atoms with E-state index < -0.39 is 0 Å². The van der Waals surface area contributed by atoms with Gasteiger partial charge >= 0.3 is 0 Å². The number of hydrogen-bond donors (Lipinski definition) is 1. The minimum Gasteiger partial charge on any atom is -0.383 e. The summed E-state index contributed by atoms with van der Waals surface area (Å²) in [5, 5.41) is 3.70. The van der Waals surface area contributed by atoms with Crippen LogP contribution in [0.2, 0.25) is 0 Å². The zero-order chi connectivity index (χ0) is 15.0. The number of nitrogens with one attached hydrogen (secondary N) is 1. The highest BCUT2D eigenvalue weighted by Gasteiger charge is 2.53. The van der Waals surface area contributed by atoms with Crippen molar-refractivity contribution in [1.82, 2.24) is 10.2 Å². The molecule has 0 spiro atoms. The third kappa shape index (κ3) is 3.02. The summed E-state index contributed by atoms with van der Waals surface area (Å²) in [5.41, 5.74) is 0.588. The molecular formula is C18H34N2O. The number of nitrogens with zero attached hydrogens (tertiary/aromatic N) is 1. The van der Waals surface area contributed by atoms with Crippen molar-refractivity contribution < 1.29 is 4.74 Å². The number of hydrogen-bond acceptors (Lipinski definition) is 3. The summed E-state index contributed by atoms with van der Waals surface area (Å²) in [7, 11) is 6.24. The van der Waals surface area contributed by atoms with Gasteiger partial charge in [-0.1, -0.05) is 0 Å². The van der Waals surface area contributed by atoms with E-state index in [0.717, 1.165) is 30.9 Å². The van der Waals surface area contributed by atoms with Gasteiger partial charge in [-0.25, -0.2) is 0 Å². The van der Waals surface area contributed by atoms with Crippen LogP contribution in [0.3, 0.4) is 0 Å². The first kappa shape index (κ1) is 15.8. The molecule has 3 nitrogen and oxygen atoms in total.